The molecule has 0 fully saturated rings. The number of alkyl halides is 3. The van der Waals surface area contributed by atoms with E-state index in [2.05, 4.69) is 0 Å². The molecule has 1 N–H and O–H groups in total. The molecule has 10 nitrogen and oxygen atoms in total. The molecule has 0 aromatic heterocycles. The van der Waals surface area contributed by atoms with Gasteiger partial charge < -0.3 is 5.32 Å². The fourth-order valence-electron chi connectivity index (χ4n) is 2.09. The summed E-state index contributed by atoms with van der Waals surface area (Å²) in [6.45, 7) is 0. The van der Waals surface area contributed by atoms with E-state index < -0.39 is 54.9 Å². The van der Waals surface area contributed by atoms with Crippen molar-refractivity contribution in [2.75, 3.05) is 5.32 Å². The molecule has 0 amide bonds. The first kappa shape index (κ1) is 18.6. The van der Waals surface area contributed by atoms with Gasteiger partial charge in [-0.15, -0.1) is 0 Å². The van der Waals surface area contributed by atoms with Crippen LogP contribution in [0.4, 0.5) is 41.6 Å². The first-order valence-electron chi connectivity index (χ1n) is 6.57. The molecular formula is C13H7F3N4O6. The zero-order chi connectivity index (χ0) is 19.6. The van der Waals surface area contributed by atoms with Crippen molar-refractivity contribution in [2.45, 2.75) is 6.18 Å². The topological polar surface area (TPSA) is 141 Å². The van der Waals surface area contributed by atoms with E-state index in [1.165, 1.54) is 6.07 Å². The first-order chi connectivity index (χ1) is 12.0. The van der Waals surface area contributed by atoms with E-state index in [4.69, 9.17) is 0 Å². The number of halogens is 3. The molecule has 0 spiro atoms. The quantitative estimate of drug-likeness (QED) is 0.613. The molecule has 0 bridgehead atoms. The van der Waals surface area contributed by atoms with Crippen molar-refractivity contribution in [3.8, 4) is 0 Å². The van der Waals surface area contributed by atoms with E-state index in [0.717, 1.165) is 12.1 Å². The first-order valence-corrected chi connectivity index (χ1v) is 6.57. The molecule has 0 aliphatic heterocycles. The molecule has 2 rings (SSSR count). The number of nitrogens with zero attached hydrogens (tertiary/aromatic N) is 3. The van der Waals surface area contributed by atoms with Crippen LogP contribution in [0.2, 0.25) is 0 Å². The highest BCUT2D eigenvalue weighted by Gasteiger charge is 2.36. The van der Waals surface area contributed by atoms with Crippen LogP contribution in [0.3, 0.4) is 0 Å². The Kier molecular flexibility index (Phi) is 4.73. The lowest BCUT2D eigenvalue weighted by atomic mass is 10.1. The van der Waals surface area contributed by atoms with Crippen LogP contribution in [0.1, 0.15) is 5.56 Å². The summed E-state index contributed by atoms with van der Waals surface area (Å²) in [5.41, 5.74) is -5.96. The lowest BCUT2D eigenvalue weighted by Gasteiger charge is -2.14. The van der Waals surface area contributed by atoms with Gasteiger partial charge in [-0.2, -0.15) is 13.2 Å². The summed E-state index contributed by atoms with van der Waals surface area (Å²) in [4.78, 5) is 29.7. The van der Waals surface area contributed by atoms with E-state index in [1.807, 2.05) is 5.32 Å². The van der Waals surface area contributed by atoms with Crippen LogP contribution >= 0.6 is 0 Å². The second kappa shape index (κ2) is 6.62. The second-order valence-electron chi connectivity index (χ2n) is 4.80. The molecule has 136 valence electrons. The maximum absolute atomic E-state index is 13.0. The van der Waals surface area contributed by atoms with E-state index in [-0.39, 0.29) is 0 Å². The monoisotopic (exact) mass is 372 g/mol. The molecule has 2 aromatic rings. The van der Waals surface area contributed by atoms with Gasteiger partial charge in [-0.25, -0.2) is 0 Å². The number of nitro benzene ring substituents is 3. The number of non-ortho nitro benzene ring substituents is 1. The summed E-state index contributed by atoms with van der Waals surface area (Å²) in [6.07, 6.45) is -4.84. The number of nitrogens with one attached hydrogen (secondary N) is 1. The average Bonchev–Trinajstić information content (AvgIpc) is 2.53. The van der Waals surface area contributed by atoms with Crippen molar-refractivity contribution < 1.29 is 27.9 Å². The molecule has 0 aliphatic rings. The Bertz CT molecular complexity index is 880. The molecule has 0 aliphatic carbocycles. The van der Waals surface area contributed by atoms with E-state index in [9.17, 15) is 43.5 Å². The van der Waals surface area contributed by atoms with Gasteiger partial charge in [-0.05, 0) is 12.1 Å². The Labute approximate surface area is 141 Å². The van der Waals surface area contributed by atoms with Gasteiger partial charge in [0.25, 0.3) is 5.69 Å². The maximum atomic E-state index is 13.0. The maximum Gasteiger partial charge on any atom is 0.418 e. The van der Waals surface area contributed by atoms with Crippen LogP contribution in [-0.4, -0.2) is 14.8 Å². The van der Waals surface area contributed by atoms with Gasteiger partial charge in [0.2, 0.25) is 0 Å². The van der Waals surface area contributed by atoms with Gasteiger partial charge in [-0.1, -0.05) is 12.1 Å². The summed E-state index contributed by atoms with van der Waals surface area (Å²) in [6, 6.07) is 4.67. The fraction of sp³-hybridized carbons (Fsp3) is 0.0769. The van der Waals surface area contributed by atoms with Gasteiger partial charge in [0.05, 0.1) is 38.2 Å². The van der Waals surface area contributed by atoms with Crippen LogP contribution in [0.15, 0.2) is 36.4 Å². The third-order valence-corrected chi connectivity index (χ3v) is 3.18. The van der Waals surface area contributed by atoms with Crippen LogP contribution in [0, 0.1) is 30.3 Å². The number of hydrogen-bond donors (Lipinski definition) is 1. The molecule has 0 heterocycles. The van der Waals surface area contributed by atoms with Gasteiger partial charge in [0.1, 0.15) is 0 Å². The Morgan fingerprint density at radius 2 is 1.35 bits per heavy atom. The largest absolute Gasteiger partial charge is 0.418 e. The lowest BCUT2D eigenvalue weighted by molar-refractivity contribution is -0.401. The summed E-state index contributed by atoms with van der Waals surface area (Å²) < 4.78 is 39.1. The molecule has 0 radical (unpaired) electrons. The Morgan fingerprint density at radius 3 is 1.77 bits per heavy atom. The highest BCUT2D eigenvalue weighted by Crippen LogP contribution is 2.42. The summed E-state index contributed by atoms with van der Waals surface area (Å²) in [5, 5.41) is 35.1. The van der Waals surface area contributed by atoms with Crippen molar-refractivity contribution in [1.29, 1.82) is 0 Å². The van der Waals surface area contributed by atoms with E-state index >= 15 is 0 Å². The number of benzene rings is 2. The number of anilines is 2. The van der Waals surface area contributed by atoms with Crippen LogP contribution in [0.5, 0.6) is 0 Å². The minimum atomic E-state index is -4.84. The van der Waals surface area contributed by atoms with E-state index in [0.29, 0.717) is 18.2 Å². The molecule has 2 aromatic carbocycles. The normalized spacial score (nSPS) is 11.0. The molecule has 26 heavy (non-hydrogen) atoms. The number of hydrogen-bond acceptors (Lipinski definition) is 7. The highest BCUT2D eigenvalue weighted by atomic mass is 19.4. The van der Waals surface area contributed by atoms with Crippen LogP contribution in [0.25, 0.3) is 0 Å². The standard InChI is InChI=1S/C13H7F3N4O6/c14-13(15,16)8-3-1-2-4-9(8)17-12-10(19(23)24)5-7(18(21)22)6-11(12)20(25)26/h1-6,17H. The lowest BCUT2D eigenvalue weighted by Crippen LogP contribution is -2.10. The van der Waals surface area contributed by atoms with Crippen molar-refractivity contribution in [3.05, 3.63) is 72.3 Å². The summed E-state index contributed by atoms with van der Waals surface area (Å²) in [5.74, 6) is 0. The average molecular weight is 372 g/mol. The smallest absolute Gasteiger partial charge is 0.344 e. The van der Waals surface area contributed by atoms with Crippen molar-refractivity contribution in [2.24, 2.45) is 0 Å². The predicted octanol–water partition coefficient (Wildman–Crippen LogP) is 4.17. The van der Waals surface area contributed by atoms with Crippen molar-refractivity contribution in [1.82, 2.24) is 0 Å². The minimum absolute atomic E-state index is 0.422. The van der Waals surface area contributed by atoms with Crippen LogP contribution < -0.4 is 5.32 Å². The Balaban J connectivity index is 2.72. The number of para-hydroxylation sites is 1. The highest BCUT2D eigenvalue weighted by molar-refractivity contribution is 5.82. The molecule has 0 saturated carbocycles. The third kappa shape index (κ3) is 3.66. The SMILES string of the molecule is O=[N+]([O-])c1cc([N+](=O)[O-])c(Nc2ccccc2C(F)(F)F)c([N+](=O)[O-])c1. The molecule has 0 unspecified atom stereocenters. The molecule has 0 atom stereocenters. The van der Waals surface area contributed by atoms with Gasteiger partial charge in [0.15, 0.2) is 5.69 Å². The number of nitro groups is 3. The molecule has 13 heteroatoms. The van der Waals surface area contributed by atoms with Gasteiger partial charge >= 0.3 is 17.6 Å². The number of rotatable bonds is 5. The van der Waals surface area contributed by atoms with E-state index in [1.54, 1.807) is 0 Å². The summed E-state index contributed by atoms with van der Waals surface area (Å²) >= 11 is 0. The van der Waals surface area contributed by atoms with Gasteiger partial charge in [-0.3, -0.25) is 30.3 Å². The fourth-order valence-corrected chi connectivity index (χ4v) is 2.09. The van der Waals surface area contributed by atoms with Crippen molar-refractivity contribution >= 4 is 28.4 Å². The molecule has 0 saturated heterocycles. The van der Waals surface area contributed by atoms with Crippen molar-refractivity contribution in [3.63, 3.8) is 0 Å². The summed E-state index contributed by atoms with van der Waals surface area (Å²) in [7, 11) is 0. The third-order valence-electron chi connectivity index (χ3n) is 3.18. The zero-order valence-corrected chi connectivity index (χ0v) is 12.4. The van der Waals surface area contributed by atoms with Gasteiger partial charge in [0, 0.05) is 0 Å². The van der Waals surface area contributed by atoms with Crippen LogP contribution in [-0.2, 0) is 6.18 Å². The Morgan fingerprint density at radius 1 is 0.846 bits per heavy atom. The molecular weight excluding hydrogens is 365 g/mol. The minimum Gasteiger partial charge on any atom is -0.344 e. The Hall–Kier alpha value is -3.77. The zero-order valence-electron chi connectivity index (χ0n) is 12.4. The predicted molar refractivity (Wildman–Crippen MR) is 81.1 cm³/mol. The second-order valence-corrected chi connectivity index (χ2v) is 4.80.